The summed E-state index contributed by atoms with van der Waals surface area (Å²) >= 11 is 3.18. The maximum Gasteiger partial charge on any atom is 0.569 e. The average Bonchev–Trinajstić information content (AvgIpc) is 3.05. The molecule has 6 aromatic rings. The lowest BCUT2D eigenvalue weighted by atomic mass is 9.99. The maximum absolute atomic E-state index is 12.9. The summed E-state index contributed by atoms with van der Waals surface area (Å²) in [5, 5.41) is 8.53. The summed E-state index contributed by atoms with van der Waals surface area (Å²) in [5.74, 6) is 0.218. The van der Waals surface area contributed by atoms with Crippen LogP contribution in [-0.2, 0) is 0 Å². The van der Waals surface area contributed by atoms with Gasteiger partial charge >= 0.3 is 7.69 Å². The Kier molecular flexibility index (Phi) is 15.3. The van der Waals surface area contributed by atoms with Crippen LogP contribution in [0, 0.1) is 11.6 Å². The fourth-order valence-electron chi connectivity index (χ4n) is 4.02. The second-order valence-electron chi connectivity index (χ2n) is 9.01. The van der Waals surface area contributed by atoms with Crippen LogP contribution in [0.2, 0.25) is 0 Å². The van der Waals surface area contributed by atoms with Crippen molar-refractivity contribution in [3.8, 4) is 39.1 Å². The normalized spacial score (nSPS) is 9.45. The Morgan fingerprint density at radius 2 is 0.841 bits per heavy atom. The van der Waals surface area contributed by atoms with Gasteiger partial charge in [-0.2, -0.15) is 0 Å². The van der Waals surface area contributed by atoms with Gasteiger partial charge in [-0.05, 0) is 88.0 Å². The molecule has 0 aliphatic carbocycles. The molecule has 6 rings (SSSR count). The summed E-state index contributed by atoms with van der Waals surface area (Å²) in [6, 6.07) is 48.8. The summed E-state index contributed by atoms with van der Waals surface area (Å²) in [5.41, 5.74) is 6.67. The maximum atomic E-state index is 12.9. The zero-order valence-electron chi connectivity index (χ0n) is 22.6. The molecule has 0 amide bonds. The van der Waals surface area contributed by atoms with Crippen molar-refractivity contribution in [1.29, 1.82) is 0 Å². The summed E-state index contributed by atoms with van der Waals surface area (Å²) in [6.45, 7) is 0. The van der Waals surface area contributed by atoms with E-state index >= 15 is 0 Å². The highest BCUT2D eigenvalue weighted by Gasteiger charge is 2.02. The molecule has 0 aromatic heterocycles. The zero-order valence-corrected chi connectivity index (χ0v) is 24.2. The Bertz CT molecular complexity index is 1630. The molecule has 1 radical (unpaired) electrons. The van der Waals surface area contributed by atoms with Crippen molar-refractivity contribution in [2.24, 2.45) is 0 Å². The topological polar surface area (TPSA) is 29.5 Å². The van der Waals surface area contributed by atoms with Gasteiger partial charge in [-0.3, -0.25) is 0 Å². The van der Waals surface area contributed by atoms with Crippen LogP contribution < -0.4 is 4.65 Å². The van der Waals surface area contributed by atoms with Crippen molar-refractivity contribution in [2.75, 3.05) is 0 Å². The standard InChI is InChI=1S/C18H13F.C12H10BO2.C6H4BrF.2CH4/c19-18-11-9-15(10-12-18)17-8-4-7-16(13-17)14-5-2-1-3-6-14;14-13-15-12-8-4-7-11(9-12)10-5-2-1-3-6-10;7-5-1-3-6(8)4-2-5;;/h1-13H;1-9,14H;1-4H;2*1H4. The van der Waals surface area contributed by atoms with E-state index in [-0.39, 0.29) is 26.5 Å². The van der Waals surface area contributed by atoms with E-state index in [0.717, 1.165) is 26.7 Å². The van der Waals surface area contributed by atoms with E-state index in [4.69, 9.17) is 9.68 Å². The molecule has 0 spiro atoms. The summed E-state index contributed by atoms with van der Waals surface area (Å²) in [6.07, 6.45) is 0. The van der Waals surface area contributed by atoms with Gasteiger partial charge in [-0.15, -0.1) is 0 Å². The molecule has 0 heterocycles. The van der Waals surface area contributed by atoms with Gasteiger partial charge in [0.1, 0.15) is 17.4 Å². The van der Waals surface area contributed by atoms with E-state index in [0.29, 0.717) is 13.4 Å². The number of benzene rings is 6. The highest BCUT2D eigenvalue weighted by atomic mass is 79.9. The number of rotatable bonds is 5. The first-order valence-corrected chi connectivity index (χ1v) is 13.9. The molecule has 1 N–H and O–H groups in total. The van der Waals surface area contributed by atoms with Crippen LogP contribution in [0.3, 0.4) is 0 Å². The lowest BCUT2D eigenvalue weighted by Gasteiger charge is -2.06. The molecule has 0 saturated carbocycles. The molecule has 223 valence electrons. The molecule has 6 aromatic carbocycles. The van der Waals surface area contributed by atoms with Gasteiger partial charge in [0.15, 0.2) is 0 Å². The Labute approximate surface area is 269 Å². The third kappa shape index (κ3) is 11.3. The molecule has 44 heavy (non-hydrogen) atoms. The SMILES string of the molecule is C.C.Fc1ccc(-c2cccc(-c3ccccc3)c2)cc1.Fc1ccc(Br)cc1.O[B]Oc1cccc(-c2ccccc2)c1. The van der Waals surface area contributed by atoms with Gasteiger partial charge in [0, 0.05) is 4.47 Å². The van der Waals surface area contributed by atoms with E-state index in [1.165, 1.54) is 35.4 Å². The Morgan fingerprint density at radius 1 is 0.455 bits per heavy atom. The summed E-state index contributed by atoms with van der Waals surface area (Å²) in [4.78, 5) is 0. The molecule has 0 aliphatic rings. The quantitative estimate of drug-likeness (QED) is 0.188. The molecule has 0 saturated heterocycles. The Hall–Kier alpha value is -4.52. The van der Waals surface area contributed by atoms with Gasteiger partial charge in [0.05, 0.1) is 0 Å². The van der Waals surface area contributed by atoms with Crippen molar-refractivity contribution in [1.82, 2.24) is 0 Å². The average molecular weight is 652 g/mol. The molecular formula is C38H35BBrF2O2. The minimum Gasteiger partial charge on any atom is -0.537 e. The third-order valence-electron chi connectivity index (χ3n) is 6.08. The predicted molar refractivity (Wildman–Crippen MR) is 185 cm³/mol. The van der Waals surface area contributed by atoms with E-state index in [1.54, 1.807) is 30.3 Å². The van der Waals surface area contributed by atoms with Gasteiger partial charge in [-0.25, -0.2) is 8.78 Å². The van der Waals surface area contributed by atoms with Crippen LogP contribution in [0.1, 0.15) is 14.9 Å². The van der Waals surface area contributed by atoms with E-state index in [1.807, 2.05) is 78.9 Å². The van der Waals surface area contributed by atoms with Crippen molar-refractivity contribution < 1.29 is 18.5 Å². The van der Waals surface area contributed by atoms with E-state index < -0.39 is 0 Å². The van der Waals surface area contributed by atoms with Crippen LogP contribution in [0.5, 0.6) is 5.75 Å². The molecular weight excluding hydrogens is 617 g/mol. The molecule has 0 aliphatic heterocycles. The van der Waals surface area contributed by atoms with E-state index in [9.17, 15) is 8.78 Å². The molecule has 2 nitrogen and oxygen atoms in total. The predicted octanol–water partition coefficient (Wildman–Crippen LogP) is 11.3. The van der Waals surface area contributed by atoms with E-state index in [2.05, 4.69) is 40.2 Å². The molecule has 0 atom stereocenters. The van der Waals surface area contributed by atoms with Gasteiger partial charge in [-0.1, -0.05) is 134 Å². The Balaban J connectivity index is 0.000000242. The lowest BCUT2D eigenvalue weighted by Crippen LogP contribution is -1.99. The monoisotopic (exact) mass is 651 g/mol. The molecule has 0 bridgehead atoms. The largest absolute Gasteiger partial charge is 0.569 e. The van der Waals surface area contributed by atoms with Crippen molar-refractivity contribution in [2.45, 2.75) is 14.9 Å². The van der Waals surface area contributed by atoms with Crippen molar-refractivity contribution >= 4 is 23.6 Å². The second-order valence-corrected chi connectivity index (χ2v) is 9.92. The fraction of sp³-hybridized carbons (Fsp3) is 0.0526. The van der Waals surface area contributed by atoms with Gasteiger partial charge in [0.2, 0.25) is 0 Å². The highest BCUT2D eigenvalue weighted by molar-refractivity contribution is 9.10. The van der Waals surface area contributed by atoms with Crippen LogP contribution in [-0.4, -0.2) is 12.7 Å². The second kappa shape index (κ2) is 18.9. The first kappa shape index (κ1) is 35.7. The lowest BCUT2D eigenvalue weighted by molar-refractivity contribution is 0.454. The summed E-state index contributed by atoms with van der Waals surface area (Å²) in [7, 11) is 0.685. The van der Waals surface area contributed by atoms with Crippen LogP contribution in [0.15, 0.2) is 162 Å². The number of hydrogen-bond donors (Lipinski definition) is 1. The number of halogens is 3. The fourth-order valence-corrected chi connectivity index (χ4v) is 4.29. The van der Waals surface area contributed by atoms with Crippen LogP contribution in [0.25, 0.3) is 33.4 Å². The van der Waals surface area contributed by atoms with Gasteiger partial charge in [0.25, 0.3) is 0 Å². The number of hydrogen-bond acceptors (Lipinski definition) is 2. The molecule has 6 heteroatoms. The minimum absolute atomic E-state index is 0. The van der Waals surface area contributed by atoms with Crippen molar-refractivity contribution in [3.63, 3.8) is 0 Å². The Morgan fingerprint density at radius 3 is 1.30 bits per heavy atom. The van der Waals surface area contributed by atoms with Crippen molar-refractivity contribution in [3.05, 3.63) is 174 Å². The molecule has 0 fully saturated rings. The van der Waals surface area contributed by atoms with Crippen LogP contribution >= 0.6 is 15.9 Å². The smallest absolute Gasteiger partial charge is 0.537 e. The highest BCUT2D eigenvalue weighted by Crippen LogP contribution is 2.26. The first-order chi connectivity index (χ1) is 20.5. The summed E-state index contributed by atoms with van der Waals surface area (Å²) < 4.78 is 30.8. The van der Waals surface area contributed by atoms with Crippen LogP contribution in [0.4, 0.5) is 8.78 Å². The third-order valence-corrected chi connectivity index (χ3v) is 6.61. The minimum atomic E-state index is -0.206. The first-order valence-electron chi connectivity index (χ1n) is 13.1. The molecule has 0 unspecified atom stereocenters. The van der Waals surface area contributed by atoms with Gasteiger partial charge < -0.3 is 9.68 Å². The zero-order chi connectivity index (χ0) is 29.6.